The van der Waals surface area contributed by atoms with Gasteiger partial charge in [-0.15, -0.1) is 0 Å². The fraction of sp³-hybridized carbons (Fsp3) is 0.842. The molecule has 0 bridgehead atoms. The predicted octanol–water partition coefficient (Wildman–Crippen LogP) is 3.00. The van der Waals surface area contributed by atoms with Crippen molar-refractivity contribution in [3.8, 4) is 0 Å². The van der Waals surface area contributed by atoms with Gasteiger partial charge in [0.05, 0.1) is 0 Å². The highest BCUT2D eigenvalue weighted by molar-refractivity contribution is 6.08. The molecule has 0 aromatic rings. The van der Waals surface area contributed by atoms with Crippen molar-refractivity contribution >= 4 is 17.9 Å². The number of nitrogens with one attached hydrogen (secondary N) is 1. The molecule has 0 radical (unpaired) electrons. The van der Waals surface area contributed by atoms with E-state index in [2.05, 4.69) is 26.1 Å². The number of rotatable bonds is 3. The predicted molar refractivity (Wildman–Crippen MR) is 92.7 cm³/mol. The Kier molecular flexibility index (Phi) is 4.82. The van der Waals surface area contributed by atoms with Crippen LogP contribution in [0.4, 0.5) is 4.79 Å². The molecule has 1 N–H and O–H groups in total. The van der Waals surface area contributed by atoms with Crippen LogP contribution in [0.2, 0.25) is 0 Å². The van der Waals surface area contributed by atoms with E-state index < -0.39 is 17.5 Å². The van der Waals surface area contributed by atoms with Gasteiger partial charge in [-0.25, -0.2) is 4.79 Å². The molecule has 0 aromatic carbocycles. The van der Waals surface area contributed by atoms with E-state index in [0.717, 1.165) is 37.0 Å². The number of carbonyl (C=O) groups is 3. The summed E-state index contributed by atoms with van der Waals surface area (Å²) in [7, 11) is 0. The fourth-order valence-corrected chi connectivity index (χ4v) is 5.18. The van der Waals surface area contributed by atoms with Gasteiger partial charge in [0.2, 0.25) is 0 Å². The Bertz CT molecular complexity index is 568. The highest BCUT2D eigenvalue weighted by atomic mass is 16.5. The summed E-state index contributed by atoms with van der Waals surface area (Å²) in [6.07, 6.45) is 7.28. The molecule has 3 rings (SSSR count). The summed E-state index contributed by atoms with van der Waals surface area (Å²) in [4.78, 5) is 38.7. The maximum absolute atomic E-state index is 13.0. The van der Waals surface area contributed by atoms with Gasteiger partial charge in [0.15, 0.2) is 0 Å². The molecule has 3 fully saturated rings. The number of hydrogen-bond acceptors (Lipinski definition) is 4. The number of ether oxygens (including phenoxy) is 1. The zero-order valence-electron chi connectivity index (χ0n) is 15.6. The lowest BCUT2D eigenvalue weighted by molar-refractivity contribution is -0.154. The van der Waals surface area contributed by atoms with Crippen LogP contribution in [0.15, 0.2) is 0 Å². The van der Waals surface area contributed by atoms with Gasteiger partial charge in [0, 0.05) is 0 Å². The van der Waals surface area contributed by atoms with Crippen LogP contribution >= 0.6 is 0 Å². The van der Waals surface area contributed by atoms with Gasteiger partial charge < -0.3 is 10.1 Å². The van der Waals surface area contributed by atoms with Crippen molar-refractivity contribution in [1.82, 2.24) is 10.2 Å². The van der Waals surface area contributed by atoms with Crippen molar-refractivity contribution in [2.75, 3.05) is 6.54 Å². The van der Waals surface area contributed by atoms with Crippen molar-refractivity contribution in [2.24, 2.45) is 11.3 Å². The number of urea groups is 1. The zero-order valence-corrected chi connectivity index (χ0v) is 15.6. The maximum atomic E-state index is 13.0. The Morgan fingerprint density at radius 3 is 2.52 bits per heavy atom. The normalized spacial score (nSPS) is 32.8. The minimum atomic E-state index is -0.858. The van der Waals surface area contributed by atoms with Gasteiger partial charge in [-0.1, -0.05) is 27.2 Å². The molecule has 1 aliphatic heterocycles. The topological polar surface area (TPSA) is 75.7 Å². The molecule has 1 saturated heterocycles. The lowest BCUT2D eigenvalue weighted by Crippen LogP contribution is -2.54. The monoisotopic (exact) mass is 350 g/mol. The molecule has 6 nitrogen and oxygen atoms in total. The van der Waals surface area contributed by atoms with Crippen LogP contribution in [0.1, 0.15) is 72.1 Å². The molecule has 1 heterocycles. The number of esters is 1. The Morgan fingerprint density at radius 1 is 1.20 bits per heavy atom. The largest absolute Gasteiger partial charge is 0.461 e. The quantitative estimate of drug-likeness (QED) is 0.627. The van der Waals surface area contributed by atoms with Crippen molar-refractivity contribution in [1.29, 1.82) is 0 Å². The molecular weight excluding hydrogens is 320 g/mol. The van der Waals surface area contributed by atoms with Gasteiger partial charge in [-0.2, -0.15) is 0 Å². The Hall–Kier alpha value is -1.59. The summed E-state index contributed by atoms with van der Waals surface area (Å²) in [5.41, 5.74) is -0.872. The molecule has 1 spiro atoms. The number of hydrogen-bond donors (Lipinski definition) is 1. The second-order valence-electron chi connectivity index (χ2n) is 9.01. The van der Waals surface area contributed by atoms with Gasteiger partial charge >= 0.3 is 12.0 Å². The van der Waals surface area contributed by atoms with E-state index in [9.17, 15) is 14.4 Å². The van der Waals surface area contributed by atoms with Crippen LogP contribution < -0.4 is 5.32 Å². The van der Waals surface area contributed by atoms with E-state index in [1.807, 2.05) is 0 Å². The van der Waals surface area contributed by atoms with Gasteiger partial charge in [-0.05, 0) is 56.3 Å². The molecule has 2 aliphatic carbocycles. The van der Waals surface area contributed by atoms with E-state index in [-0.39, 0.29) is 24.0 Å². The Morgan fingerprint density at radius 2 is 1.88 bits per heavy atom. The van der Waals surface area contributed by atoms with Crippen LogP contribution in [0.3, 0.4) is 0 Å². The van der Waals surface area contributed by atoms with Crippen LogP contribution in [0.5, 0.6) is 0 Å². The molecule has 0 unspecified atom stereocenters. The van der Waals surface area contributed by atoms with Gasteiger partial charge in [-0.3, -0.25) is 14.5 Å². The summed E-state index contributed by atoms with van der Waals surface area (Å²) < 4.78 is 5.47. The molecule has 0 aromatic heterocycles. The van der Waals surface area contributed by atoms with Crippen molar-refractivity contribution < 1.29 is 19.1 Å². The third-order valence-corrected chi connectivity index (χ3v) is 5.76. The lowest BCUT2D eigenvalue weighted by atomic mass is 9.64. The molecule has 6 heteroatoms. The zero-order chi connectivity index (χ0) is 18.2. The van der Waals surface area contributed by atoms with E-state index in [0.29, 0.717) is 18.8 Å². The molecule has 140 valence electrons. The molecular formula is C19H30N2O4. The molecule has 3 aliphatic rings. The SMILES string of the molecule is C[C@@H]1CC(C)(C)C[C@]2(C1)NC(=O)N(CC(=O)OC1CCCCC1)C2=O. The van der Waals surface area contributed by atoms with E-state index in [1.165, 1.54) is 6.42 Å². The first kappa shape index (κ1) is 18.2. The van der Waals surface area contributed by atoms with Crippen LogP contribution in [0.25, 0.3) is 0 Å². The van der Waals surface area contributed by atoms with Crippen molar-refractivity contribution in [3.05, 3.63) is 0 Å². The summed E-state index contributed by atoms with van der Waals surface area (Å²) in [6, 6.07) is -0.463. The second-order valence-corrected chi connectivity index (χ2v) is 9.01. The number of carbonyl (C=O) groups excluding carboxylic acids is 3. The minimum absolute atomic E-state index is 0.0147. The fourth-order valence-electron chi connectivity index (χ4n) is 5.18. The summed E-state index contributed by atoms with van der Waals surface area (Å²) in [6.45, 7) is 6.09. The Labute approximate surface area is 149 Å². The minimum Gasteiger partial charge on any atom is -0.461 e. The average Bonchev–Trinajstić information content (AvgIpc) is 2.70. The first-order valence-corrected chi connectivity index (χ1v) is 9.54. The van der Waals surface area contributed by atoms with Crippen LogP contribution in [0, 0.1) is 11.3 Å². The first-order chi connectivity index (χ1) is 11.7. The van der Waals surface area contributed by atoms with Crippen LogP contribution in [-0.2, 0) is 14.3 Å². The lowest BCUT2D eigenvalue weighted by Gasteiger charge is -2.43. The standard InChI is InChI=1S/C19H30N2O4/c1-13-9-18(2,3)12-19(10-13)16(23)21(17(24)20-19)11-15(22)25-14-7-5-4-6-8-14/h13-14H,4-12H2,1-3H3,(H,20,24)/t13-,19+/m1/s1. The molecule has 2 atom stereocenters. The van der Waals surface area contributed by atoms with E-state index >= 15 is 0 Å². The van der Waals surface area contributed by atoms with Gasteiger partial charge in [0.1, 0.15) is 18.2 Å². The van der Waals surface area contributed by atoms with E-state index in [1.54, 1.807) is 0 Å². The maximum Gasteiger partial charge on any atom is 0.326 e. The summed E-state index contributed by atoms with van der Waals surface area (Å²) in [5, 5.41) is 2.89. The number of nitrogens with zero attached hydrogens (tertiary/aromatic N) is 1. The highest BCUT2D eigenvalue weighted by Crippen LogP contribution is 2.46. The summed E-state index contributed by atoms with van der Waals surface area (Å²) in [5.74, 6) is -0.393. The summed E-state index contributed by atoms with van der Waals surface area (Å²) >= 11 is 0. The number of amides is 3. The van der Waals surface area contributed by atoms with Gasteiger partial charge in [0.25, 0.3) is 5.91 Å². The third kappa shape index (κ3) is 3.82. The third-order valence-electron chi connectivity index (χ3n) is 5.76. The number of imide groups is 1. The smallest absolute Gasteiger partial charge is 0.326 e. The molecule has 25 heavy (non-hydrogen) atoms. The van der Waals surface area contributed by atoms with E-state index in [4.69, 9.17) is 4.74 Å². The first-order valence-electron chi connectivity index (χ1n) is 9.54. The second kappa shape index (κ2) is 6.61. The Balaban J connectivity index is 1.66. The average molecular weight is 350 g/mol. The van der Waals surface area contributed by atoms with Crippen molar-refractivity contribution in [3.63, 3.8) is 0 Å². The highest BCUT2D eigenvalue weighted by Gasteiger charge is 2.56. The molecule has 2 saturated carbocycles. The molecule has 3 amide bonds. The van der Waals surface area contributed by atoms with Crippen molar-refractivity contribution in [2.45, 2.75) is 83.8 Å². The van der Waals surface area contributed by atoms with Crippen LogP contribution in [-0.4, -0.2) is 41.0 Å².